The number of ether oxygens (including phenoxy) is 2. The smallest absolute Gasteiger partial charge is 0.358 e. The van der Waals surface area contributed by atoms with E-state index in [-0.39, 0.29) is 23.2 Å². The van der Waals surface area contributed by atoms with Crippen LogP contribution >= 0.6 is 0 Å². The third-order valence-corrected chi connectivity index (χ3v) is 6.32. The third kappa shape index (κ3) is 5.76. The lowest BCUT2D eigenvalue weighted by atomic mass is 10.1. The molecule has 0 saturated heterocycles. The van der Waals surface area contributed by atoms with Gasteiger partial charge < -0.3 is 24.8 Å². The normalized spacial score (nSPS) is 14.0. The molecule has 0 fully saturated rings. The second-order valence-electron chi connectivity index (χ2n) is 8.75. The number of carbonyl (C=O) groups excluding carboxylic acids is 3. The van der Waals surface area contributed by atoms with Gasteiger partial charge in [-0.15, -0.1) is 0 Å². The van der Waals surface area contributed by atoms with Crippen LogP contribution in [0.25, 0.3) is 0 Å². The maximum Gasteiger partial charge on any atom is 0.358 e. The van der Waals surface area contributed by atoms with E-state index < -0.39 is 11.9 Å². The zero-order chi connectivity index (χ0) is 28.1. The summed E-state index contributed by atoms with van der Waals surface area (Å²) in [6, 6.07) is 9.00. The number of carboxylic acid groups (broad SMARTS) is 1. The molecule has 39 heavy (non-hydrogen) atoms. The first-order valence-corrected chi connectivity index (χ1v) is 12.6. The van der Waals surface area contributed by atoms with Crippen LogP contribution in [0.15, 0.2) is 30.3 Å². The van der Waals surface area contributed by atoms with Crippen molar-refractivity contribution in [3.8, 4) is 5.75 Å². The van der Waals surface area contributed by atoms with Gasteiger partial charge in [-0.1, -0.05) is 19.1 Å². The Bertz CT molecular complexity index is 1390. The van der Waals surface area contributed by atoms with E-state index in [1.807, 2.05) is 31.2 Å². The molecule has 0 spiro atoms. The Morgan fingerprint density at radius 3 is 2.41 bits per heavy atom. The van der Waals surface area contributed by atoms with Crippen LogP contribution in [-0.4, -0.2) is 80.1 Å². The number of benzene rings is 1. The van der Waals surface area contributed by atoms with E-state index in [1.54, 1.807) is 18.9 Å². The monoisotopic (exact) mass is 538 g/mol. The molecule has 2 N–H and O–H groups in total. The fourth-order valence-electron chi connectivity index (χ4n) is 4.42. The average Bonchev–Trinajstić information content (AvgIpc) is 3.54. The standard InChI is InChI=1S/C17H19N3O4.C9H11N3O3/c1-3-13-14(17(22)23)18-20-9-8-19(16(21)15(13)20)10-11-4-6-12(24-2)7-5-11;1-2-15-9(14)6-5-7-8(13)10-3-4-12(7)11-6/h4-7H,3,8-10H2,1-2H3,(H,22,23);5H,2-4H2,1H3,(H,10,13). The summed E-state index contributed by atoms with van der Waals surface area (Å²) in [5.74, 6) is -1.20. The predicted molar refractivity (Wildman–Crippen MR) is 137 cm³/mol. The number of hydrogen-bond acceptors (Lipinski definition) is 8. The quantitative estimate of drug-likeness (QED) is 0.426. The van der Waals surface area contributed by atoms with Gasteiger partial charge in [-0.2, -0.15) is 10.2 Å². The van der Waals surface area contributed by atoms with Crippen molar-refractivity contribution in [3.05, 3.63) is 64.2 Å². The van der Waals surface area contributed by atoms with Gasteiger partial charge in [0.2, 0.25) is 0 Å². The molecule has 5 rings (SSSR count). The Hall–Kier alpha value is -4.68. The molecule has 0 unspecified atom stereocenters. The second kappa shape index (κ2) is 11.8. The number of methoxy groups -OCH3 is 1. The molecule has 206 valence electrons. The lowest BCUT2D eigenvalue weighted by molar-refractivity contribution is 0.0517. The molecule has 0 bridgehead atoms. The van der Waals surface area contributed by atoms with Crippen molar-refractivity contribution in [3.63, 3.8) is 0 Å². The van der Waals surface area contributed by atoms with Gasteiger partial charge in [-0.3, -0.25) is 19.0 Å². The van der Waals surface area contributed by atoms with Gasteiger partial charge in [-0.25, -0.2) is 9.59 Å². The van der Waals surface area contributed by atoms with Gasteiger partial charge in [0.25, 0.3) is 11.8 Å². The molecule has 0 saturated carbocycles. The van der Waals surface area contributed by atoms with Gasteiger partial charge in [0.15, 0.2) is 11.4 Å². The van der Waals surface area contributed by atoms with E-state index in [9.17, 15) is 24.3 Å². The fourth-order valence-corrected chi connectivity index (χ4v) is 4.42. The number of carbonyl (C=O) groups is 4. The highest BCUT2D eigenvalue weighted by molar-refractivity contribution is 5.99. The topological polar surface area (TPSA) is 158 Å². The molecule has 0 radical (unpaired) electrons. The lowest BCUT2D eigenvalue weighted by Gasteiger charge is -2.28. The minimum absolute atomic E-state index is 0.0212. The summed E-state index contributed by atoms with van der Waals surface area (Å²) >= 11 is 0. The SMILES string of the molecule is CCOC(=O)c1cc2n(n1)CCNC2=O.CCc1c(C(=O)O)nn2c1C(=O)N(Cc1ccc(OC)cc1)CC2. The molecule has 2 aromatic heterocycles. The van der Waals surface area contributed by atoms with Crippen molar-refractivity contribution in [1.82, 2.24) is 29.8 Å². The summed E-state index contributed by atoms with van der Waals surface area (Å²) < 4.78 is 13.0. The van der Waals surface area contributed by atoms with E-state index in [0.29, 0.717) is 62.7 Å². The van der Waals surface area contributed by atoms with Crippen molar-refractivity contribution in [2.75, 3.05) is 26.8 Å². The number of aromatic carboxylic acids is 1. The van der Waals surface area contributed by atoms with Crippen molar-refractivity contribution >= 4 is 23.8 Å². The molecule has 2 amide bonds. The van der Waals surface area contributed by atoms with Crippen molar-refractivity contribution in [1.29, 1.82) is 0 Å². The Morgan fingerprint density at radius 1 is 1.05 bits per heavy atom. The summed E-state index contributed by atoms with van der Waals surface area (Å²) in [6.07, 6.45) is 0.457. The van der Waals surface area contributed by atoms with Crippen molar-refractivity contribution in [2.45, 2.75) is 39.9 Å². The molecule has 3 aromatic rings. The van der Waals surface area contributed by atoms with E-state index in [2.05, 4.69) is 15.5 Å². The number of rotatable bonds is 7. The number of carboxylic acids is 1. The summed E-state index contributed by atoms with van der Waals surface area (Å²) in [5, 5.41) is 20.0. The first-order valence-electron chi connectivity index (χ1n) is 12.6. The molecule has 4 heterocycles. The van der Waals surface area contributed by atoms with Crippen molar-refractivity contribution < 1.29 is 33.8 Å². The van der Waals surface area contributed by atoms with Crippen LogP contribution in [-0.2, 0) is 30.8 Å². The molecule has 13 nitrogen and oxygen atoms in total. The largest absolute Gasteiger partial charge is 0.497 e. The molecule has 13 heteroatoms. The zero-order valence-corrected chi connectivity index (χ0v) is 22.0. The molecule has 0 aliphatic carbocycles. The van der Waals surface area contributed by atoms with Crippen LogP contribution in [0.4, 0.5) is 0 Å². The van der Waals surface area contributed by atoms with Gasteiger partial charge in [0, 0.05) is 31.3 Å². The van der Waals surface area contributed by atoms with Crippen LogP contribution in [0.1, 0.15) is 66.9 Å². The highest BCUT2D eigenvalue weighted by Crippen LogP contribution is 2.23. The Kier molecular flexibility index (Phi) is 8.27. The van der Waals surface area contributed by atoms with E-state index in [4.69, 9.17) is 9.47 Å². The van der Waals surface area contributed by atoms with Gasteiger partial charge in [-0.05, 0) is 31.0 Å². The highest BCUT2D eigenvalue weighted by atomic mass is 16.5. The number of nitrogens with zero attached hydrogens (tertiary/aromatic N) is 5. The fraction of sp³-hybridized carbons (Fsp3) is 0.385. The molecule has 2 aliphatic heterocycles. The summed E-state index contributed by atoms with van der Waals surface area (Å²) in [7, 11) is 1.61. The Morgan fingerprint density at radius 2 is 1.79 bits per heavy atom. The van der Waals surface area contributed by atoms with Crippen LogP contribution < -0.4 is 10.1 Å². The van der Waals surface area contributed by atoms with Crippen LogP contribution in [0.3, 0.4) is 0 Å². The summed E-state index contributed by atoms with van der Waals surface area (Å²) in [4.78, 5) is 48.6. The second-order valence-corrected chi connectivity index (χ2v) is 8.75. The third-order valence-electron chi connectivity index (χ3n) is 6.32. The maximum absolute atomic E-state index is 12.8. The first kappa shape index (κ1) is 27.4. The molecular weight excluding hydrogens is 508 g/mol. The van der Waals surface area contributed by atoms with Gasteiger partial charge >= 0.3 is 11.9 Å². The number of fused-ring (bicyclic) bond motifs is 2. The molecular formula is C26H30N6O7. The van der Waals surface area contributed by atoms with Crippen LogP contribution in [0.5, 0.6) is 5.75 Å². The summed E-state index contributed by atoms with van der Waals surface area (Å²) in [5.41, 5.74) is 2.47. The molecule has 0 atom stereocenters. The molecule has 2 aliphatic rings. The number of hydrogen-bond donors (Lipinski definition) is 2. The summed E-state index contributed by atoms with van der Waals surface area (Å²) in [6.45, 7) is 6.45. The Labute approximate surface area is 224 Å². The maximum atomic E-state index is 12.8. The first-order chi connectivity index (χ1) is 18.8. The van der Waals surface area contributed by atoms with Crippen molar-refractivity contribution in [2.24, 2.45) is 0 Å². The van der Waals surface area contributed by atoms with E-state index >= 15 is 0 Å². The number of amides is 2. The van der Waals surface area contributed by atoms with Crippen LogP contribution in [0.2, 0.25) is 0 Å². The predicted octanol–water partition coefficient (Wildman–Crippen LogP) is 1.61. The Balaban J connectivity index is 0.000000202. The van der Waals surface area contributed by atoms with Crippen LogP contribution in [0, 0.1) is 0 Å². The number of esters is 1. The highest BCUT2D eigenvalue weighted by Gasteiger charge is 2.32. The minimum atomic E-state index is -1.09. The number of nitrogens with one attached hydrogen (secondary N) is 1. The van der Waals surface area contributed by atoms with Gasteiger partial charge in [0.05, 0.1) is 26.8 Å². The molecule has 1 aromatic carbocycles. The average molecular weight is 539 g/mol. The number of aromatic nitrogens is 4. The van der Waals surface area contributed by atoms with E-state index in [1.165, 1.54) is 15.4 Å². The minimum Gasteiger partial charge on any atom is -0.497 e. The lowest BCUT2D eigenvalue weighted by Crippen LogP contribution is -2.40. The van der Waals surface area contributed by atoms with E-state index in [0.717, 1.165) is 11.3 Å². The zero-order valence-electron chi connectivity index (χ0n) is 22.0. The van der Waals surface area contributed by atoms with Gasteiger partial charge in [0.1, 0.15) is 17.1 Å².